The van der Waals surface area contributed by atoms with E-state index in [0.717, 1.165) is 21.5 Å². The number of non-ortho nitro benzene ring substituents is 1. The Morgan fingerprint density at radius 2 is 2.05 bits per heavy atom. The van der Waals surface area contributed by atoms with Crippen molar-refractivity contribution in [1.29, 1.82) is 0 Å². The van der Waals surface area contributed by atoms with Crippen LogP contribution < -0.4 is 10.1 Å². The maximum atomic E-state index is 10.8. The second-order valence-electron chi connectivity index (χ2n) is 4.56. The minimum absolute atomic E-state index is 0.0855. The van der Waals surface area contributed by atoms with Gasteiger partial charge in [-0.3, -0.25) is 10.1 Å². The molecule has 0 fully saturated rings. The lowest BCUT2D eigenvalue weighted by Gasteiger charge is -2.18. The highest BCUT2D eigenvalue weighted by atomic mass is 79.9. The van der Waals surface area contributed by atoms with Crippen molar-refractivity contribution in [2.24, 2.45) is 0 Å². The van der Waals surface area contributed by atoms with E-state index in [9.17, 15) is 10.1 Å². The summed E-state index contributed by atoms with van der Waals surface area (Å²) in [5.74, 6) is 0.718. The summed E-state index contributed by atoms with van der Waals surface area (Å²) in [4.78, 5) is 10.4. The summed E-state index contributed by atoms with van der Waals surface area (Å²) in [6.07, 6.45) is 0. The molecule has 5 nitrogen and oxygen atoms in total. The van der Waals surface area contributed by atoms with E-state index >= 15 is 0 Å². The third-order valence-electron chi connectivity index (χ3n) is 3.11. The van der Waals surface area contributed by atoms with E-state index < -0.39 is 4.92 Å². The Morgan fingerprint density at radius 1 is 1.29 bits per heavy atom. The molecule has 0 amide bonds. The quantitative estimate of drug-likeness (QED) is 0.635. The highest BCUT2D eigenvalue weighted by Gasteiger charge is 2.13. The molecule has 1 N–H and O–H groups in total. The zero-order chi connectivity index (χ0) is 15.4. The summed E-state index contributed by atoms with van der Waals surface area (Å²) < 4.78 is 6.24. The maximum Gasteiger partial charge on any atom is 0.269 e. The lowest BCUT2D eigenvalue weighted by molar-refractivity contribution is -0.384. The number of benzene rings is 2. The molecule has 0 aliphatic rings. The van der Waals surface area contributed by atoms with Gasteiger partial charge in [0.15, 0.2) is 0 Å². The molecule has 0 bridgehead atoms. The minimum Gasteiger partial charge on any atom is -0.495 e. The molecule has 21 heavy (non-hydrogen) atoms. The van der Waals surface area contributed by atoms with Crippen LogP contribution in [-0.4, -0.2) is 12.0 Å². The minimum atomic E-state index is -0.393. The topological polar surface area (TPSA) is 64.4 Å². The van der Waals surface area contributed by atoms with E-state index in [1.165, 1.54) is 6.07 Å². The van der Waals surface area contributed by atoms with Gasteiger partial charge in [0.25, 0.3) is 5.69 Å². The molecule has 0 spiro atoms. The van der Waals surface area contributed by atoms with Crippen molar-refractivity contribution in [3.8, 4) is 5.75 Å². The van der Waals surface area contributed by atoms with Crippen LogP contribution in [-0.2, 0) is 0 Å². The average Bonchev–Trinajstić information content (AvgIpc) is 2.47. The fourth-order valence-corrected chi connectivity index (χ4v) is 2.38. The van der Waals surface area contributed by atoms with Crippen LogP contribution in [0.25, 0.3) is 0 Å². The summed E-state index contributed by atoms with van der Waals surface area (Å²) in [6.45, 7) is 1.94. The number of rotatable bonds is 5. The zero-order valence-corrected chi connectivity index (χ0v) is 13.3. The van der Waals surface area contributed by atoms with Crippen LogP contribution in [0.3, 0.4) is 0 Å². The highest BCUT2D eigenvalue weighted by Crippen LogP contribution is 2.31. The van der Waals surface area contributed by atoms with Crippen LogP contribution >= 0.6 is 15.9 Å². The number of ether oxygens (including phenoxy) is 1. The molecule has 110 valence electrons. The first-order valence-corrected chi connectivity index (χ1v) is 7.15. The van der Waals surface area contributed by atoms with Crippen molar-refractivity contribution in [3.05, 3.63) is 62.6 Å². The Bertz CT molecular complexity index is 661. The number of anilines is 1. The van der Waals surface area contributed by atoms with Gasteiger partial charge in [-0.15, -0.1) is 0 Å². The van der Waals surface area contributed by atoms with Gasteiger partial charge >= 0.3 is 0 Å². The Labute approximate surface area is 131 Å². The van der Waals surface area contributed by atoms with Crippen LogP contribution in [0.4, 0.5) is 11.4 Å². The molecule has 1 unspecified atom stereocenters. The summed E-state index contributed by atoms with van der Waals surface area (Å²) >= 11 is 3.42. The largest absolute Gasteiger partial charge is 0.495 e. The van der Waals surface area contributed by atoms with Crippen molar-refractivity contribution in [2.75, 3.05) is 12.4 Å². The molecule has 1 atom stereocenters. The van der Waals surface area contributed by atoms with Crippen molar-refractivity contribution in [1.82, 2.24) is 0 Å². The number of nitrogens with one attached hydrogen (secondary N) is 1. The molecule has 0 saturated heterocycles. The monoisotopic (exact) mass is 350 g/mol. The molecule has 0 heterocycles. The number of halogens is 1. The first-order valence-electron chi connectivity index (χ1n) is 6.35. The lowest BCUT2D eigenvalue weighted by Crippen LogP contribution is -2.08. The summed E-state index contributed by atoms with van der Waals surface area (Å²) in [5.41, 5.74) is 1.75. The fourth-order valence-electron chi connectivity index (χ4n) is 2.02. The molecule has 0 aromatic heterocycles. The molecular weight excluding hydrogens is 336 g/mol. The molecule has 0 aliphatic carbocycles. The Balaban J connectivity index is 2.25. The molecule has 2 aromatic carbocycles. The summed E-state index contributed by atoms with van der Waals surface area (Å²) in [7, 11) is 1.60. The number of nitrogens with zero attached hydrogens (tertiary/aromatic N) is 1. The summed E-state index contributed by atoms with van der Waals surface area (Å²) in [5, 5.41) is 14.1. The summed E-state index contributed by atoms with van der Waals surface area (Å²) in [6, 6.07) is 12.2. The first-order chi connectivity index (χ1) is 10.0. The molecule has 2 rings (SSSR count). The first kappa shape index (κ1) is 15.3. The van der Waals surface area contributed by atoms with E-state index in [1.54, 1.807) is 19.2 Å². The number of hydrogen-bond donors (Lipinski definition) is 1. The van der Waals surface area contributed by atoms with Crippen molar-refractivity contribution in [2.45, 2.75) is 13.0 Å². The smallest absolute Gasteiger partial charge is 0.269 e. The van der Waals surface area contributed by atoms with Gasteiger partial charge in [-0.2, -0.15) is 0 Å². The Kier molecular flexibility index (Phi) is 4.80. The van der Waals surface area contributed by atoms with Crippen molar-refractivity contribution in [3.63, 3.8) is 0 Å². The van der Waals surface area contributed by atoms with E-state index in [1.807, 2.05) is 31.2 Å². The lowest BCUT2D eigenvalue weighted by atomic mass is 10.1. The fraction of sp³-hybridized carbons (Fsp3) is 0.200. The van der Waals surface area contributed by atoms with Gasteiger partial charge in [-0.25, -0.2) is 0 Å². The van der Waals surface area contributed by atoms with Crippen molar-refractivity contribution < 1.29 is 9.66 Å². The third kappa shape index (κ3) is 3.72. The number of hydrogen-bond acceptors (Lipinski definition) is 4. The van der Waals surface area contributed by atoms with E-state index in [2.05, 4.69) is 21.2 Å². The zero-order valence-electron chi connectivity index (χ0n) is 11.7. The third-order valence-corrected chi connectivity index (χ3v) is 3.61. The second-order valence-corrected chi connectivity index (χ2v) is 5.48. The van der Waals surface area contributed by atoms with Crippen LogP contribution in [0.1, 0.15) is 18.5 Å². The van der Waals surface area contributed by atoms with Crippen LogP contribution in [0.15, 0.2) is 46.9 Å². The van der Waals surface area contributed by atoms with Gasteiger partial charge in [0.1, 0.15) is 5.75 Å². The predicted octanol–water partition coefficient (Wildman–Crippen LogP) is 4.54. The Hall–Kier alpha value is -2.08. The highest BCUT2D eigenvalue weighted by molar-refractivity contribution is 9.10. The van der Waals surface area contributed by atoms with E-state index in [-0.39, 0.29) is 11.7 Å². The number of nitro benzene ring substituents is 1. The van der Waals surface area contributed by atoms with Crippen LogP contribution in [0.5, 0.6) is 5.75 Å². The van der Waals surface area contributed by atoms with Gasteiger partial charge < -0.3 is 10.1 Å². The van der Waals surface area contributed by atoms with Crippen LogP contribution in [0, 0.1) is 10.1 Å². The van der Waals surface area contributed by atoms with Gasteiger partial charge in [-0.1, -0.05) is 28.1 Å². The van der Waals surface area contributed by atoms with Gasteiger partial charge in [0, 0.05) is 22.6 Å². The Morgan fingerprint density at radius 3 is 2.71 bits per heavy atom. The SMILES string of the molecule is COc1ccc(Br)cc1NC(C)c1cccc([N+](=O)[O-])c1. The second kappa shape index (κ2) is 6.58. The molecule has 2 aromatic rings. The standard InChI is InChI=1S/C15H15BrN2O3/c1-10(11-4-3-5-13(8-11)18(19)20)17-14-9-12(16)6-7-15(14)21-2/h3-10,17H,1-2H3. The maximum absolute atomic E-state index is 10.8. The number of methoxy groups -OCH3 is 1. The average molecular weight is 351 g/mol. The van der Waals surface area contributed by atoms with Crippen molar-refractivity contribution >= 4 is 27.3 Å². The van der Waals surface area contributed by atoms with E-state index in [4.69, 9.17) is 4.74 Å². The molecule has 6 heteroatoms. The van der Waals surface area contributed by atoms with E-state index in [0.29, 0.717) is 0 Å². The molecule has 0 saturated carbocycles. The van der Waals surface area contributed by atoms with Gasteiger partial charge in [0.05, 0.1) is 17.7 Å². The number of nitro groups is 1. The molecule has 0 radical (unpaired) electrons. The van der Waals surface area contributed by atoms with Crippen LogP contribution in [0.2, 0.25) is 0 Å². The molecular formula is C15H15BrN2O3. The normalized spacial score (nSPS) is 11.8. The molecule has 0 aliphatic heterocycles. The van der Waals surface area contributed by atoms with Gasteiger partial charge in [0.2, 0.25) is 0 Å². The predicted molar refractivity (Wildman–Crippen MR) is 85.8 cm³/mol. The van der Waals surface area contributed by atoms with Gasteiger partial charge in [-0.05, 0) is 30.7 Å².